The molecule has 0 bridgehead atoms. The van der Waals surface area contributed by atoms with Gasteiger partial charge in [0.25, 0.3) is 0 Å². The summed E-state index contributed by atoms with van der Waals surface area (Å²) >= 11 is 1.53. The Balaban J connectivity index is 1.70. The highest BCUT2D eigenvalue weighted by Crippen LogP contribution is 2.23. The molecule has 0 unspecified atom stereocenters. The smallest absolute Gasteiger partial charge is 0.246 e. The fourth-order valence-corrected chi connectivity index (χ4v) is 3.39. The standard InChI is InChI=1S/C21H23N3O2S/c1-21(2,3)24(19(25)15-27-17-12-8-5-9-13-17)14-18-22-20(23-26-18)16-10-6-4-7-11-16/h4-13H,14-15H2,1-3H3. The van der Waals surface area contributed by atoms with E-state index in [9.17, 15) is 4.79 Å². The van der Waals surface area contributed by atoms with Crippen LogP contribution < -0.4 is 0 Å². The zero-order chi connectivity index (χ0) is 19.3. The highest BCUT2D eigenvalue weighted by Gasteiger charge is 2.28. The normalized spacial score (nSPS) is 11.4. The lowest BCUT2D eigenvalue weighted by atomic mass is 10.1. The Labute approximate surface area is 163 Å². The summed E-state index contributed by atoms with van der Waals surface area (Å²) in [5, 5.41) is 4.05. The second-order valence-corrected chi connectivity index (χ2v) is 8.18. The molecule has 5 nitrogen and oxygen atoms in total. The largest absolute Gasteiger partial charge is 0.337 e. The lowest BCUT2D eigenvalue weighted by Gasteiger charge is -2.34. The second-order valence-electron chi connectivity index (χ2n) is 7.13. The van der Waals surface area contributed by atoms with Gasteiger partial charge in [0.05, 0.1) is 5.75 Å². The van der Waals surface area contributed by atoms with E-state index < -0.39 is 0 Å². The number of amides is 1. The van der Waals surface area contributed by atoms with E-state index in [1.807, 2.05) is 81.4 Å². The molecule has 140 valence electrons. The van der Waals surface area contributed by atoms with Crippen LogP contribution in [0.1, 0.15) is 26.7 Å². The van der Waals surface area contributed by atoms with E-state index in [1.165, 1.54) is 11.8 Å². The number of nitrogens with zero attached hydrogens (tertiary/aromatic N) is 3. The van der Waals surface area contributed by atoms with Gasteiger partial charge in [0.1, 0.15) is 6.54 Å². The van der Waals surface area contributed by atoms with Crippen LogP contribution in [0, 0.1) is 0 Å². The van der Waals surface area contributed by atoms with Gasteiger partial charge in [0.2, 0.25) is 17.6 Å². The van der Waals surface area contributed by atoms with Gasteiger partial charge in [0.15, 0.2) is 0 Å². The molecule has 0 atom stereocenters. The maximum Gasteiger partial charge on any atom is 0.246 e. The molecule has 27 heavy (non-hydrogen) atoms. The monoisotopic (exact) mass is 381 g/mol. The van der Waals surface area contributed by atoms with Crippen molar-refractivity contribution in [3.8, 4) is 11.4 Å². The number of hydrogen-bond acceptors (Lipinski definition) is 5. The summed E-state index contributed by atoms with van der Waals surface area (Å²) in [6.07, 6.45) is 0. The maximum atomic E-state index is 12.9. The summed E-state index contributed by atoms with van der Waals surface area (Å²) in [5.41, 5.74) is 0.538. The van der Waals surface area contributed by atoms with Gasteiger partial charge < -0.3 is 9.42 Å². The number of rotatable bonds is 6. The summed E-state index contributed by atoms with van der Waals surface area (Å²) in [4.78, 5) is 20.2. The summed E-state index contributed by atoms with van der Waals surface area (Å²) in [7, 11) is 0. The molecule has 3 aromatic rings. The highest BCUT2D eigenvalue weighted by molar-refractivity contribution is 8.00. The summed E-state index contributed by atoms with van der Waals surface area (Å²) in [6, 6.07) is 19.6. The molecule has 0 radical (unpaired) electrons. The number of thioether (sulfide) groups is 1. The highest BCUT2D eigenvalue weighted by atomic mass is 32.2. The van der Waals surface area contributed by atoms with Crippen molar-refractivity contribution in [1.29, 1.82) is 0 Å². The van der Waals surface area contributed by atoms with Crippen LogP contribution in [-0.4, -0.2) is 32.2 Å². The third-order valence-corrected chi connectivity index (χ3v) is 5.01. The predicted octanol–water partition coefficient (Wildman–Crippen LogP) is 4.66. The van der Waals surface area contributed by atoms with Crippen LogP contribution in [-0.2, 0) is 11.3 Å². The number of hydrogen-bond donors (Lipinski definition) is 0. The van der Waals surface area contributed by atoms with Crippen LogP contribution in [0.15, 0.2) is 70.1 Å². The Kier molecular flexibility index (Phi) is 5.96. The second kappa shape index (κ2) is 8.39. The molecule has 0 spiro atoms. The molecule has 0 N–H and O–H groups in total. The first-order chi connectivity index (χ1) is 12.9. The molecule has 0 aliphatic rings. The Morgan fingerprint density at radius 3 is 2.30 bits per heavy atom. The van der Waals surface area contributed by atoms with Gasteiger partial charge in [0, 0.05) is 16.0 Å². The molecule has 3 rings (SSSR count). The minimum atomic E-state index is -0.351. The minimum Gasteiger partial charge on any atom is -0.337 e. The van der Waals surface area contributed by atoms with E-state index >= 15 is 0 Å². The molecule has 2 aromatic carbocycles. The van der Waals surface area contributed by atoms with E-state index in [2.05, 4.69) is 10.1 Å². The van der Waals surface area contributed by atoms with Crippen molar-refractivity contribution < 1.29 is 9.32 Å². The average molecular weight is 382 g/mol. The first-order valence-electron chi connectivity index (χ1n) is 8.80. The molecule has 0 saturated carbocycles. The summed E-state index contributed by atoms with van der Waals surface area (Å²) < 4.78 is 5.40. The van der Waals surface area contributed by atoms with Crippen LogP contribution in [0.5, 0.6) is 0 Å². The quantitative estimate of drug-likeness (QED) is 0.582. The van der Waals surface area contributed by atoms with Gasteiger partial charge in [-0.1, -0.05) is 53.7 Å². The van der Waals surface area contributed by atoms with Crippen LogP contribution in [0.25, 0.3) is 11.4 Å². The number of aromatic nitrogens is 2. The third-order valence-electron chi connectivity index (χ3n) is 4.01. The molecule has 1 aromatic heterocycles. The predicted molar refractivity (Wildman–Crippen MR) is 107 cm³/mol. The van der Waals surface area contributed by atoms with E-state index in [0.29, 0.717) is 17.5 Å². The molecular formula is C21H23N3O2S. The zero-order valence-electron chi connectivity index (χ0n) is 15.8. The lowest BCUT2D eigenvalue weighted by Crippen LogP contribution is -2.46. The Hall–Kier alpha value is -2.60. The summed E-state index contributed by atoms with van der Waals surface area (Å²) in [5.74, 6) is 1.37. The zero-order valence-corrected chi connectivity index (χ0v) is 16.6. The van der Waals surface area contributed by atoms with Gasteiger partial charge in [-0.2, -0.15) is 4.98 Å². The van der Waals surface area contributed by atoms with Gasteiger partial charge in [-0.05, 0) is 32.9 Å². The molecule has 0 aliphatic heterocycles. The molecular weight excluding hydrogens is 358 g/mol. The fraction of sp³-hybridized carbons (Fsp3) is 0.286. The van der Waals surface area contributed by atoms with E-state index in [0.717, 1.165) is 10.5 Å². The first-order valence-corrected chi connectivity index (χ1v) is 9.78. The molecule has 0 saturated heterocycles. The minimum absolute atomic E-state index is 0.0378. The SMILES string of the molecule is CC(C)(C)N(Cc1nc(-c2ccccc2)no1)C(=O)CSc1ccccc1. The Bertz CT molecular complexity index is 873. The Morgan fingerprint density at radius 1 is 1.04 bits per heavy atom. The number of carbonyl (C=O) groups excluding carboxylic acids is 1. The van der Waals surface area contributed by atoms with Crippen molar-refractivity contribution >= 4 is 17.7 Å². The van der Waals surface area contributed by atoms with Crippen molar-refractivity contribution in [3.05, 3.63) is 66.6 Å². The van der Waals surface area contributed by atoms with Gasteiger partial charge >= 0.3 is 0 Å². The van der Waals surface area contributed by atoms with E-state index in [-0.39, 0.29) is 18.0 Å². The molecule has 0 fully saturated rings. The third kappa shape index (κ3) is 5.20. The fourth-order valence-electron chi connectivity index (χ4n) is 2.60. The molecule has 1 heterocycles. The number of carbonyl (C=O) groups is 1. The van der Waals surface area contributed by atoms with Gasteiger partial charge in [-0.15, -0.1) is 11.8 Å². The van der Waals surface area contributed by atoms with Gasteiger partial charge in [-0.25, -0.2) is 0 Å². The van der Waals surface area contributed by atoms with Crippen LogP contribution >= 0.6 is 11.8 Å². The van der Waals surface area contributed by atoms with Crippen molar-refractivity contribution in [2.75, 3.05) is 5.75 Å². The van der Waals surface area contributed by atoms with Crippen molar-refractivity contribution in [3.63, 3.8) is 0 Å². The molecule has 6 heteroatoms. The first kappa shape index (κ1) is 19.2. The van der Waals surface area contributed by atoms with Crippen molar-refractivity contribution in [2.45, 2.75) is 37.8 Å². The van der Waals surface area contributed by atoms with Crippen LogP contribution in [0.4, 0.5) is 0 Å². The van der Waals surface area contributed by atoms with Gasteiger partial charge in [-0.3, -0.25) is 4.79 Å². The van der Waals surface area contributed by atoms with E-state index in [4.69, 9.17) is 4.52 Å². The molecule has 1 amide bonds. The topological polar surface area (TPSA) is 59.2 Å². The van der Waals surface area contributed by atoms with Crippen LogP contribution in [0.2, 0.25) is 0 Å². The summed E-state index contributed by atoms with van der Waals surface area (Å²) in [6.45, 7) is 6.31. The lowest BCUT2D eigenvalue weighted by molar-refractivity contribution is -0.134. The van der Waals surface area contributed by atoms with Crippen molar-refractivity contribution in [1.82, 2.24) is 15.0 Å². The maximum absolute atomic E-state index is 12.9. The number of benzene rings is 2. The van der Waals surface area contributed by atoms with Crippen LogP contribution in [0.3, 0.4) is 0 Å². The average Bonchev–Trinajstić information content (AvgIpc) is 3.14. The Morgan fingerprint density at radius 2 is 1.67 bits per heavy atom. The molecule has 0 aliphatic carbocycles. The van der Waals surface area contributed by atoms with E-state index in [1.54, 1.807) is 4.90 Å². The van der Waals surface area contributed by atoms with Crippen molar-refractivity contribution in [2.24, 2.45) is 0 Å².